The van der Waals surface area contributed by atoms with E-state index in [-0.39, 0.29) is 12.5 Å². The molecule has 1 saturated carbocycles. The lowest BCUT2D eigenvalue weighted by atomic mass is 10.2. The van der Waals surface area contributed by atoms with E-state index in [1.54, 1.807) is 7.11 Å². The van der Waals surface area contributed by atoms with Crippen LogP contribution in [0, 0.1) is 0 Å². The second-order valence-electron chi connectivity index (χ2n) is 5.46. The molecule has 2 rings (SSSR count). The number of rotatable bonds is 8. The molecule has 1 aliphatic rings. The van der Waals surface area contributed by atoms with Crippen molar-refractivity contribution in [2.24, 2.45) is 4.99 Å². The van der Waals surface area contributed by atoms with Gasteiger partial charge in [0.25, 0.3) is 0 Å². The summed E-state index contributed by atoms with van der Waals surface area (Å²) in [5.41, 5.74) is 0.803. The van der Waals surface area contributed by atoms with Gasteiger partial charge in [-0.25, -0.2) is 4.99 Å². The van der Waals surface area contributed by atoms with E-state index in [0.29, 0.717) is 36.7 Å². The first-order chi connectivity index (χ1) is 11.7. The Kier molecular flexibility index (Phi) is 6.72. The number of aliphatic imine (C=N–C) groups is 1. The second kappa shape index (κ2) is 9.00. The molecule has 0 atom stereocenters. The number of anilines is 1. The Morgan fingerprint density at radius 1 is 1.29 bits per heavy atom. The summed E-state index contributed by atoms with van der Waals surface area (Å²) in [7, 11) is 1.60. The Morgan fingerprint density at radius 2 is 2.08 bits per heavy atom. The third-order valence-corrected chi connectivity index (χ3v) is 3.39. The van der Waals surface area contributed by atoms with Crippen LogP contribution < -0.4 is 25.4 Å². The van der Waals surface area contributed by atoms with Crippen LogP contribution in [0.4, 0.5) is 5.69 Å². The van der Waals surface area contributed by atoms with Crippen molar-refractivity contribution in [2.45, 2.75) is 32.7 Å². The average Bonchev–Trinajstić information content (AvgIpc) is 3.38. The predicted molar refractivity (Wildman–Crippen MR) is 94.9 cm³/mol. The van der Waals surface area contributed by atoms with E-state index in [9.17, 15) is 4.79 Å². The van der Waals surface area contributed by atoms with Gasteiger partial charge in [-0.15, -0.1) is 0 Å². The molecule has 1 amide bonds. The van der Waals surface area contributed by atoms with E-state index in [4.69, 9.17) is 9.47 Å². The van der Waals surface area contributed by atoms with Crippen LogP contribution in [0.1, 0.15) is 26.7 Å². The highest BCUT2D eigenvalue weighted by Crippen LogP contribution is 2.30. The van der Waals surface area contributed by atoms with Crippen LogP contribution in [0.25, 0.3) is 0 Å². The molecular weight excluding hydrogens is 308 g/mol. The number of carbonyl (C=O) groups is 1. The lowest BCUT2D eigenvalue weighted by Crippen LogP contribution is -2.33. The summed E-state index contributed by atoms with van der Waals surface area (Å²) >= 11 is 0. The van der Waals surface area contributed by atoms with Crippen molar-refractivity contribution in [1.29, 1.82) is 0 Å². The Labute approximate surface area is 142 Å². The molecule has 0 radical (unpaired) electrons. The van der Waals surface area contributed by atoms with Crippen LogP contribution in [0.2, 0.25) is 0 Å². The molecule has 0 aromatic heterocycles. The topological polar surface area (TPSA) is 84.0 Å². The molecule has 7 nitrogen and oxygen atoms in total. The van der Waals surface area contributed by atoms with Crippen molar-refractivity contribution < 1.29 is 14.3 Å². The first-order valence-corrected chi connectivity index (χ1v) is 8.31. The normalized spacial score (nSPS) is 14.0. The molecule has 0 aliphatic heterocycles. The molecule has 7 heteroatoms. The number of guanidine groups is 1. The van der Waals surface area contributed by atoms with Gasteiger partial charge in [-0.2, -0.15) is 0 Å². The lowest BCUT2D eigenvalue weighted by molar-refractivity contribution is -0.119. The van der Waals surface area contributed by atoms with Crippen LogP contribution in [-0.4, -0.2) is 44.7 Å². The van der Waals surface area contributed by atoms with Gasteiger partial charge in [0.05, 0.1) is 13.7 Å². The maximum absolute atomic E-state index is 11.8. The summed E-state index contributed by atoms with van der Waals surface area (Å²) in [6, 6.07) is 5.90. The number of methoxy groups -OCH3 is 1. The number of benzene rings is 1. The van der Waals surface area contributed by atoms with Gasteiger partial charge < -0.3 is 25.4 Å². The summed E-state index contributed by atoms with van der Waals surface area (Å²) in [5.74, 6) is 1.83. The first kappa shape index (κ1) is 17.9. The van der Waals surface area contributed by atoms with Crippen molar-refractivity contribution in [2.75, 3.05) is 32.1 Å². The Balaban J connectivity index is 2.01. The van der Waals surface area contributed by atoms with Gasteiger partial charge in [-0.1, -0.05) is 0 Å². The van der Waals surface area contributed by atoms with Gasteiger partial charge in [0.2, 0.25) is 5.91 Å². The largest absolute Gasteiger partial charge is 0.493 e. The van der Waals surface area contributed by atoms with Crippen molar-refractivity contribution >= 4 is 17.6 Å². The van der Waals surface area contributed by atoms with Gasteiger partial charge in [0, 0.05) is 24.3 Å². The molecule has 3 N–H and O–H groups in total. The van der Waals surface area contributed by atoms with E-state index >= 15 is 0 Å². The third-order valence-electron chi connectivity index (χ3n) is 3.39. The fourth-order valence-corrected chi connectivity index (χ4v) is 2.12. The number of carbonyl (C=O) groups excluding carboxylic acids is 1. The molecule has 1 fully saturated rings. The van der Waals surface area contributed by atoms with Gasteiger partial charge in [0.15, 0.2) is 17.5 Å². The van der Waals surface area contributed by atoms with Gasteiger partial charge in [-0.05, 0) is 38.8 Å². The van der Waals surface area contributed by atoms with Crippen molar-refractivity contribution in [3.8, 4) is 11.5 Å². The van der Waals surface area contributed by atoms with Crippen LogP contribution in [-0.2, 0) is 4.79 Å². The summed E-state index contributed by atoms with van der Waals surface area (Å²) in [6.45, 7) is 5.27. The number of nitrogens with zero attached hydrogens (tertiary/aromatic N) is 1. The van der Waals surface area contributed by atoms with E-state index in [1.807, 2.05) is 32.0 Å². The van der Waals surface area contributed by atoms with E-state index < -0.39 is 0 Å². The molecule has 0 unspecified atom stereocenters. The quantitative estimate of drug-likeness (QED) is 0.498. The number of hydrogen-bond donors (Lipinski definition) is 3. The van der Waals surface area contributed by atoms with Gasteiger partial charge in [0.1, 0.15) is 6.54 Å². The van der Waals surface area contributed by atoms with E-state index in [0.717, 1.165) is 18.5 Å². The number of ether oxygens (including phenoxy) is 2. The van der Waals surface area contributed by atoms with E-state index in [2.05, 4.69) is 20.9 Å². The summed E-state index contributed by atoms with van der Waals surface area (Å²) in [6.07, 6.45) is 2.14. The van der Waals surface area contributed by atoms with Crippen LogP contribution >= 0.6 is 0 Å². The van der Waals surface area contributed by atoms with Crippen LogP contribution in [0.5, 0.6) is 11.5 Å². The van der Waals surface area contributed by atoms with Crippen LogP contribution in [0.15, 0.2) is 23.2 Å². The van der Waals surface area contributed by atoms with Crippen molar-refractivity contribution in [1.82, 2.24) is 10.6 Å². The number of amides is 1. The fraction of sp³-hybridized carbons (Fsp3) is 0.529. The Hall–Kier alpha value is -2.44. The minimum Gasteiger partial charge on any atom is -0.493 e. The fourth-order valence-electron chi connectivity index (χ4n) is 2.12. The van der Waals surface area contributed by atoms with Crippen molar-refractivity contribution in [3.63, 3.8) is 0 Å². The zero-order valence-corrected chi connectivity index (χ0v) is 14.5. The molecule has 1 aromatic carbocycles. The maximum Gasteiger partial charge on any atom is 0.242 e. The SMILES string of the molecule is CCNC(=NCC(=O)NC1CC1)Nc1ccc(OCC)c(OC)c1. The molecular formula is C17H26N4O3. The molecule has 0 spiro atoms. The zero-order valence-electron chi connectivity index (χ0n) is 14.5. The second-order valence-corrected chi connectivity index (χ2v) is 5.46. The highest BCUT2D eigenvalue weighted by molar-refractivity contribution is 5.95. The molecule has 0 bridgehead atoms. The standard InChI is InChI=1S/C17H26N4O3/c1-4-18-17(19-11-16(22)20-12-6-7-12)21-13-8-9-14(24-5-2)15(10-13)23-3/h8-10,12H,4-7,11H2,1-3H3,(H,20,22)(H2,18,19,21). The van der Waals surface area contributed by atoms with Gasteiger partial charge >= 0.3 is 0 Å². The molecule has 1 aliphatic carbocycles. The first-order valence-electron chi connectivity index (χ1n) is 8.31. The summed E-state index contributed by atoms with van der Waals surface area (Å²) in [5, 5.41) is 9.21. The Bertz CT molecular complexity index is 585. The van der Waals surface area contributed by atoms with Gasteiger partial charge in [-0.3, -0.25) is 4.79 Å². The highest BCUT2D eigenvalue weighted by Gasteiger charge is 2.22. The van der Waals surface area contributed by atoms with E-state index in [1.165, 1.54) is 0 Å². The minimum atomic E-state index is -0.0565. The average molecular weight is 334 g/mol. The smallest absolute Gasteiger partial charge is 0.242 e. The zero-order chi connectivity index (χ0) is 17.4. The van der Waals surface area contributed by atoms with Crippen molar-refractivity contribution in [3.05, 3.63) is 18.2 Å². The maximum atomic E-state index is 11.8. The predicted octanol–water partition coefficient (Wildman–Crippen LogP) is 1.75. The summed E-state index contributed by atoms with van der Waals surface area (Å²) in [4.78, 5) is 16.1. The van der Waals surface area contributed by atoms with Crippen LogP contribution in [0.3, 0.4) is 0 Å². The highest BCUT2D eigenvalue weighted by atomic mass is 16.5. The Morgan fingerprint density at radius 3 is 2.71 bits per heavy atom. The summed E-state index contributed by atoms with van der Waals surface area (Å²) < 4.78 is 10.8. The minimum absolute atomic E-state index is 0.0565. The molecule has 0 saturated heterocycles. The lowest BCUT2D eigenvalue weighted by Gasteiger charge is -2.14. The number of hydrogen-bond acceptors (Lipinski definition) is 4. The number of nitrogens with one attached hydrogen (secondary N) is 3. The monoisotopic (exact) mass is 334 g/mol. The molecule has 0 heterocycles. The molecule has 1 aromatic rings. The molecule has 24 heavy (non-hydrogen) atoms. The third kappa shape index (κ3) is 5.64. The molecule has 132 valence electrons.